The third-order valence-electron chi connectivity index (χ3n) is 9.07. The van der Waals surface area contributed by atoms with Crippen LogP contribution in [0.25, 0.3) is 50.4 Å². The number of hydrogen-bond donors (Lipinski definition) is 0. The van der Waals surface area contributed by atoms with E-state index in [2.05, 4.69) is 128 Å². The Morgan fingerprint density at radius 3 is 2.18 bits per heavy atom. The van der Waals surface area contributed by atoms with Crippen molar-refractivity contribution in [1.29, 1.82) is 0 Å². The Morgan fingerprint density at radius 2 is 1.27 bits per heavy atom. The number of benzene rings is 6. The van der Waals surface area contributed by atoms with Crippen molar-refractivity contribution in [2.75, 3.05) is 0 Å². The van der Waals surface area contributed by atoms with Crippen molar-refractivity contribution in [2.45, 2.75) is 19.3 Å². The van der Waals surface area contributed by atoms with Crippen LogP contribution in [-0.4, -0.2) is 9.55 Å². The van der Waals surface area contributed by atoms with Crippen LogP contribution in [0, 0.1) is 0 Å². The molecule has 0 saturated carbocycles. The van der Waals surface area contributed by atoms with E-state index in [0.717, 1.165) is 56.5 Å². The lowest BCUT2D eigenvalue weighted by atomic mass is 9.82. The van der Waals surface area contributed by atoms with Gasteiger partial charge in [0.05, 0.1) is 11.0 Å². The topological polar surface area (TPSA) is 36.3 Å². The summed E-state index contributed by atoms with van der Waals surface area (Å²) in [6.07, 6.45) is 0. The second-order valence-electron chi connectivity index (χ2n) is 12.0. The third-order valence-corrected chi connectivity index (χ3v) is 9.07. The molecule has 0 fully saturated rings. The zero-order valence-corrected chi connectivity index (χ0v) is 24.4. The van der Waals surface area contributed by atoms with Gasteiger partial charge in [0.15, 0.2) is 23.0 Å². The second kappa shape index (κ2) is 9.19. The van der Waals surface area contributed by atoms with Gasteiger partial charge in [-0.3, -0.25) is 4.57 Å². The first kappa shape index (κ1) is 24.9. The van der Waals surface area contributed by atoms with E-state index < -0.39 is 0 Å². The van der Waals surface area contributed by atoms with Crippen LogP contribution in [0.2, 0.25) is 0 Å². The van der Waals surface area contributed by atoms with Gasteiger partial charge < -0.3 is 9.47 Å². The lowest BCUT2D eigenvalue weighted by Gasteiger charge is -2.26. The molecule has 1 aliphatic heterocycles. The zero-order chi connectivity index (χ0) is 29.4. The number of para-hydroxylation sites is 4. The molecule has 9 rings (SSSR count). The van der Waals surface area contributed by atoms with E-state index in [0.29, 0.717) is 5.75 Å². The van der Waals surface area contributed by atoms with Gasteiger partial charge in [-0.15, -0.1) is 0 Å². The summed E-state index contributed by atoms with van der Waals surface area (Å²) in [6, 6.07) is 46.2. The SMILES string of the molecule is CC1(C)c2ccccc2-c2cc3c(cc21)Oc1c(cccc1-c1cccc(-c2nc4ccccc4n2-c2ccccc2)c1)O3. The fourth-order valence-electron chi connectivity index (χ4n) is 6.91. The average Bonchev–Trinajstić information content (AvgIpc) is 3.56. The second-order valence-corrected chi connectivity index (χ2v) is 12.0. The van der Waals surface area contributed by atoms with Gasteiger partial charge in [0, 0.05) is 22.2 Å². The summed E-state index contributed by atoms with van der Waals surface area (Å²) in [4.78, 5) is 5.08. The van der Waals surface area contributed by atoms with Gasteiger partial charge in [-0.2, -0.15) is 0 Å². The summed E-state index contributed by atoms with van der Waals surface area (Å²) in [7, 11) is 0. The maximum atomic E-state index is 6.72. The van der Waals surface area contributed by atoms with Gasteiger partial charge in [0.25, 0.3) is 0 Å². The van der Waals surface area contributed by atoms with Gasteiger partial charge in [-0.1, -0.05) is 98.8 Å². The van der Waals surface area contributed by atoms with Crippen molar-refractivity contribution in [2.24, 2.45) is 0 Å². The maximum Gasteiger partial charge on any atom is 0.177 e. The van der Waals surface area contributed by atoms with Crippen LogP contribution in [0.1, 0.15) is 25.0 Å². The largest absolute Gasteiger partial charge is 0.449 e. The van der Waals surface area contributed by atoms with Crippen LogP contribution in [0.4, 0.5) is 0 Å². The number of hydrogen-bond acceptors (Lipinski definition) is 3. The molecular formula is C40H28N2O2. The van der Waals surface area contributed by atoms with E-state index in [1.807, 2.05) is 24.3 Å². The minimum Gasteiger partial charge on any atom is -0.449 e. The summed E-state index contributed by atoms with van der Waals surface area (Å²) < 4.78 is 15.5. The number of nitrogens with zero attached hydrogens (tertiary/aromatic N) is 2. The third kappa shape index (κ3) is 3.61. The van der Waals surface area contributed by atoms with E-state index >= 15 is 0 Å². The van der Waals surface area contributed by atoms with Crippen LogP contribution in [0.3, 0.4) is 0 Å². The zero-order valence-electron chi connectivity index (χ0n) is 24.4. The summed E-state index contributed by atoms with van der Waals surface area (Å²) in [6.45, 7) is 4.56. The fourth-order valence-corrected chi connectivity index (χ4v) is 6.91. The summed E-state index contributed by atoms with van der Waals surface area (Å²) >= 11 is 0. The molecule has 0 spiro atoms. The molecule has 44 heavy (non-hydrogen) atoms. The van der Waals surface area contributed by atoms with E-state index in [-0.39, 0.29) is 5.41 Å². The molecule has 0 N–H and O–H groups in total. The highest BCUT2D eigenvalue weighted by Crippen LogP contribution is 2.56. The molecule has 7 aromatic rings. The minimum atomic E-state index is -0.122. The number of fused-ring (bicyclic) bond motifs is 6. The van der Waals surface area contributed by atoms with E-state index in [1.165, 1.54) is 22.3 Å². The molecule has 4 nitrogen and oxygen atoms in total. The van der Waals surface area contributed by atoms with Crippen molar-refractivity contribution in [3.05, 3.63) is 145 Å². The monoisotopic (exact) mass is 568 g/mol. The standard InChI is InChI=1S/C40H28N2O2/c1-40(2)31-18-7-6-16-29(31)30-23-36-37(24-32(30)40)44-38-28(17-11-21-35(38)43-36)25-12-10-13-26(22-25)39-41-33-19-8-9-20-34(33)42(39)27-14-4-3-5-15-27/h3-24H,1-2H3. The molecule has 0 amide bonds. The molecule has 0 unspecified atom stereocenters. The van der Waals surface area contributed by atoms with Crippen molar-refractivity contribution >= 4 is 11.0 Å². The minimum absolute atomic E-state index is 0.122. The Kier molecular flexibility index (Phi) is 5.21. The molecule has 210 valence electrons. The van der Waals surface area contributed by atoms with Gasteiger partial charge in [-0.25, -0.2) is 4.98 Å². The van der Waals surface area contributed by atoms with Gasteiger partial charge in [0.2, 0.25) is 0 Å². The van der Waals surface area contributed by atoms with Crippen LogP contribution in [-0.2, 0) is 5.41 Å². The molecule has 6 aromatic carbocycles. The lowest BCUT2D eigenvalue weighted by molar-refractivity contribution is 0.360. The molecule has 0 bridgehead atoms. The molecule has 0 saturated heterocycles. The van der Waals surface area contributed by atoms with Gasteiger partial charge >= 0.3 is 0 Å². The summed E-state index contributed by atoms with van der Waals surface area (Å²) in [5.41, 5.74) is 11.1. The number of aromatic nitrogens is 2. The van der Waals surface area contributed by atoms with Crippen LogP contribution < -0.4 is 9.47 Å². The predicted molar refractivity (Wildman–Crippen MR) is 176 cm³/mol. The highest BCUT2D eigenvalue weighted by molar-refractivity contribution is 5.86. The first-order valence-electron chi connectivity index (χ1n) is 15.0. The van der Waals surface area contributed by atoms with Crippen LogP contribution >= 0.6 is 0 Å². The van der Waals surface area contributed by atoms with Gasteiger partial charge in [0.1, 0.15) is 5.82 Å². The number of rotatable bonds is 3. The molecule has 0 radical (unpaired) electrons. The maximum absolute atomic E-state index is 6.72. The Morgan fingerprint density at radius 1 is 0.545 bits per heavy atom. The van der Waals surface area contributed by atoms with Crippen molar-refractivity contribution in [3.63, 3.8) is 0 Å². The van der Waals surface area contributed by atoms with E-state index in [4.69, 9.17) is 14.5 Å². The van der Waals surface area contributed by atoms with Crippen LogP contribution in [0.15, 0.2) is 133 Å². The quantitative estimate of drug-likeness (QED) is 0.213. The Labute approximate surface area is 255 Å². The summed E-state index contributed by atoms with van der Waals surface area (Å²) in [5, 5.41) is 0. The van der Waals surface area contributed by atoms with Crippen molar-refractivity contribution in [1.82, 2.24) is 9.55 Å². The van der Waals surface area contributed by atoms with Gasteiger partial charge in [-0.05, 0) is 76.3 Å². The molecule has 0 atom stereocenters. The number of ether oxygens (including phenoxy) is 2. The van der Waals surface area contributed by atoms with Crippen LogP contribution in [0.5, 0.6) is 23.0 Å². The first-order chi connectivity index (χ1) is 21.6. The molecule has 2 heterocycles. The van der Waals surface area contributed by atoms with Crippen molar-refractivity contribution < 1.29 is 9.47 Å². The molecule has 1 aliphatic carbocycles. The highest BCUT2D eigenvalue weighted by Gasteiger charge is 2.37. The molecule has 4 heteroatoms. The lowest BCUT2D eigenvalue weighted by Crippen LogP contribution is -2.15. The number of imidazole rings is 1. The first-order valence-corrected chi connectivity index (χ1v) is 15.0. The average molecular weight is 569 g/mol. The Hall–Kier alpha value is -5.61. The highest BCUT2D eigenvalue weighted by atomic mass is 16.6. The Balaban J connectivity index is 1.15. The fraction of sp³-hybridized carbons (Fsp3) is 0.0750. The van der Waals surface area contributed by atoms with E-state index in [1.54, 1.807) is 0 Å². The molecule has 1 aromatic heterocycles. The van der Waals surface area contributed by atoms with Crippen molar-refractivity contribution in [3.8, 4) is 62.3 Å². The normalized spacial score (nSPS) is 13.8. The predicted octanol–water partition coefficient (Wildman–Crippen LogP) is 10.6. The smallest absolute Gasteiger partial charge is 0.177 e. The Bertz CT molecular complexity index is 2260. The molecule has 2 aliphatic rings. The summed E-state index contributed by atoms with van der Waals surface area (Å²) in [5.74, 6) is 3.81. The van der Waals surface area contributed by atoms with E-state index in [9.17, 15) is 0 Å². The molecular weight excluding hydrogens is 540 g/mol.